The summed E-state index contributed by atoms with van der Waals surface area (Å²) < 4.78 is 0. The largest absolute Gasteiger partial charge is 0.361 e. The van der Waals surface area contributed by atoms with E-state index in [1.165, 1.54) is 17.0 Å². The van der Waals surface area contributed by atoms with Crippen molar-refractivity contribution in [3.63, 3.8) is 0 Å². The molecule has 1 aliphatic heterocycles. The first-order valence-electron chi connectivity index (χ1n) is 12.0. The molecular formula is C27H33N5O3. The second-order valence-electron chi connectivity index (χ2n) is 9.06. The Labute approximate surface area is 205 Å². The summed E-state index contributed by atoms with van der Waals surface area (Å²) >= 11 is 0. The minimum atomic E-state index is -0.577. The highest BCUT2D eigenvalue weighted by molar-refractivity contribution is 5.90. The van der Waals surface area contributed by atoms with E-state index in [9.17, 15) is 9.59 Å². The molecule has 1 aliphatic rings. The van der Waals surface area contributed by atoms with Gasteiger partial charge in [-0.25, -0.2) is 5.48 Å². The lowest BCUT2D eigenvalue weighted by Crippen LogP contribution is -2.49. The lowest BCUT2D eigenvalue weighted by Gasteiger charge is -2.33. The fraction of sp³-hybridized carbons (Fsp3) is 0.333. The number of likely N-dealkylation sites (N-methyl/N-ethyl adjacent to an activating group) is 1. The Balaban J connectivity index is 1.45. The van der Waals surface area contributed by atoms with Crippen LogP contribution in [0, 0.1) is 0 Å². The number of hydrogen-bond donors (Lipinski definition) is 3. The number of fused-ring (bicyclic) bond motifs is 1. The Morgan fingerprint density at radius 3 is 2.57 bits per heavy atom. The minimum Gasteiger partial charge on any atom is -0.361 e. The van der Waals surface area contributed by atoms with Crippen molar-refractivity contribution in [2.75, 3.05) is 46.3 Å². The van der Waals surface area contributed by atoms with Crippen LogP contribution in [0.5, 0.6) is 0 Å². The maximum atomic E-state index is 13.4. The fourth-order valence-electron chi connectivity index (χ4n) is 4.35. The molecule has 0 radical (unpaired) electrons. The van der Waals surface area contributed by atoms with Crippen molar-refractivity contribution in [1.82, 2.24) is 25.2 Å². The van der Waals surface area contributed by atoms with Crippen molar-refractivity contribution >= 4 is 28.8 Å². The summed E-state index contributed by atoms with van der Waals surface area (Å²) in [7, 11) is 2.11. The van der Waals surface area contributed by atoms with Crippen molar-refractivity contribution in [2.24, 2.45) is 0 Å². The summed E-state index contributed by atoms with van der Waals surface area (Å²) in [4.78, 5) is 34.4. The summed E-state index contributed by atoms with van der Waals surface area (Å²) in [6, 6.07) is 16.0. The molecule has 1 aromatic heterocycles. The van der Waals surface area contributed by atoms with Crippen molar-refractivity contribution in [3.8, 4) is 0 Å². The fourth-order valence-corrected chi connectivity index (χ4v) is 4.35. The van der Waals surface area contributed by atoms with Gasteiger partial charge in [0.2, 0.25) is 5.91 Å². The third-order valence-electron chi connectivity index (χ3n) is 6.52. The van der Waals surface area contributed by atoms with E-state index in [0.29, 0.717) is 19.6 Å². The van der Waals surface area contributed by atoms with Crippen molar-refractivity contribution in [1.29, 1.82) is 0 Å². The first-order valence-corrected chi connectivity index (χ1v) is 12.0. The number of nitrogens with zero attached hydrogens (tertiary/aromatic N) is 3. The normalized spacial score (nSPS) is 15.0. The minimum absolute atomic E-state index is 0.137. The standard InChI is InChI=1S/C27H33N5O3/c1-30-14-16-31(17-15-30)20-27(34)32(13-12-23-18-28-25-5-3-2-4-24(23)25)19-22-8-6-21(7-9-22)10-11-26(33)29-35/h2-11,18,28,35H,12-17,19-20H2,1H3,(H,29,33)/b11-10+. The number of aromatic nitrogens is 1. The predicted molar refractivity (Wildman–Crippen MR) is 137 cm³/mol. The highest BCUT2D eigenvalue weighted by Gasteiger charge is 2.21. The summed E-state index contributed by atoms with van der Waals surface area (Å²) in [6.07, 6.45) is 5.71. The zero-order valence-electron chi connectivity index (χ0n) is 20.1. The Bertz CT molecular complexity index is 1160. The van der Waals surface area contributed by atoms with Gasteiger partial charge in [0.1, 0.15) is 0 Å². The Morgan fingerprint density at radius 1 is 1.09 bits per heavy atom. The average Bonchev–Trinajstić information content (AvgIpc) is 3.30. The number of rotatable bonds is 9. The second-order valence-corrected chi connectivity index (χ2v) is 9.06. The summed E-state index contributed by atoms with van der Waals surface area (Å²) in [5.74, 6) is -0.440. The highest BCUT2D eigenvalue weighted by Crippen LogP contribution is 2.19. The van der Waals surface area contributed by atoms with Crippen molar-refractivity contribution in [3.05, 3.63) is 77.5 Å². The van der Waals surface area contributed by atoms with E-state index in [1.807, 2.05) is 47.5 Å². The number of piperazine rings is 1. The first kappa shape index (κ1) is 24.7. The molecule has 0 bridgehead atoms. The molecule has 0 saturated carbocycles. The van der Waals surface area contributed by atoms with Gasteiger partial charge < -0.3 is 14.8 Å². The number of carbonyl (C=O) groups is 2. The monoisotopic (exact) mass is 475 g/mol. The lowest BCUT2D eigenvalue weighted by molar-refractivity contribution is -0.133. The first-order chi connectivity index (χ1) is 17.0. The van der Waals surface area contributed by atoms with Crippen LogP contribution in [-0.2, 0) is 22.6 Å². The maximum Gasteiger partial charge on any atom is 0.267 e. The van der Waals surface area contributed by atoms with Gasteiger partial charge in [-0.05, 0) is 42.3 Å². The lowest BCUT2D eigenvalue weighted by atomic mass is 10.1. The van der Waals surface area contributed by atoms with Crippen LogP contribution in [0.15, 0.2) is 60.8 Å². The van der Waals surface area contributed by atoms with Crippen LogP contribution in [0.3, 0.4) is 0 Å². The van der Waals surface area contributed by atoms with Crippen LogP contribution in [0.1, 0.15) is 16.7 Å². The molecule has 3 aromatic rings. The third kappa shape index (κ3) is 6.79. The second kappa shape index (κ2) is 11.8. The molecule has 0 atom stereocenters. The predicted octanol–water partition coefficient (Wildman–Crippen LogP) is 2.51. The van der Waals surface area contributed by atoms with E-state index in [1.54, 1.807) is 11.6 Å². The number of benzene rings is 2. The van der Waals surface area contributed by atoms with Gasteiger partial charge in [0.05, 0.1) is 6.54 Å². The number of carbonyl (C=O) groups excluding carboxylic acids is 2. The van der Waals surface area contributed by atoms with E-state index >= 15 is 0 Å². The molecule has 4 rings (SSSR count). The summed E-state index contributed by atoms with van der Waals surface area (Å²) in [5.41, 5.74) is 5.76. The number of para-hydroxylation sites is 1. The summed E-state index contributed by atoms with van der Waals surface area (Å²) in [5, 5.41) is 9.82. The molecule has 3 N–H and O–H groups in total. The number of nitrogens with one attached hydrogen (secondary N) is 2. The Morgan fingerprint density at radius 2 is 1.83 bits per heavy atom. The zero-order valence-corrected chi connectivity index (χ0v) is 20.1. The van der Waals surface area contributed by atoms with Gasteiger partial charge in [-0.2, -0.15) is 0 Å². The molecular weight excluding hydrogens is 442 g/mol. The van der Waals surface area contributed by atoms with Crippen molar-refractivity contribution < 1.29 is 14.8 Å². The van der Waals surface area contributed by atoms with Gasteiger partial charge in [0, 0.05) is 62.4 Å². The van der Waals surface area contributed by atoms with Gasteiger partial charge >= 0.3 is 0 Å². The zero-order chi connectivity index (χ0) is 24.6. The highest BCUT2D eigenvalue weighted by atomic mass is 16.5. The molecule has 184 valence electrons. The van der Waals surface area contributed by atoms with Crippen LogP contribution < -0.4 is 5.48 Å². The SMILES string of the molecule is CN1CCN(CC(=O)N(CCc2c[nH]c3ccccc23)Cc2ccc(/C=C/C(=O)NO)cc2)CC1. The van der Waals surface area contributed by atoms with E-state index in [0.717, 1.165) is 49.2 Å². The molecule has 8 heteroatoms. The molecule has 2 aromatic carbocycles. The number of hydrogen-bond acceptors (Lipinski definition) is 5. The van der Waals surface area contributed by atoms with E-state index in [-0.39, 0.29) is 5.91 Å². The van der Waals surface area contributed by atoms with Gasteiger partial charge in [0.25, 0.3) is 5.91 Å². The topological polar surface area (TPSA) is 91.9 Å². The molecule has 35 heavy (non-hydrogen) atoms. The molecule has 0 spiro atoms. The van der Waals surface area contributed by atoms with Gasteiger partial charge in [0.15, 0.2) is 0 Å². The quantitative estimate of drug-likeness (QED) is 0.251. The third-order valence-corrected chi connectivity index (χ3v) is 6.52. The maximum absolute atomic E-state index is 13.4. The molecule has 2 heterocycles. The van der Waals surface area contributed by atoms with E-state index in [4.69, 9.17) is 5.21 Å². The molecule has 8 nitrogen and oxygen atoms in total. The number of hydroxylamine groups is 1. The van der Waals surface area contributed by atoms with Crippen molar-refractivity contribution in [2.45, 2.75) is 13.0 Å². The number of H-pyrrole nitrogens is 1. The van der Waals surface area contributed by atoms with E-state index < -0.39 is 5.91 Å². The smallest absolute Gasteiger partial charge is 0.267 e. The molecule has 1 saturated heterocycles. The molecule has 0 unspecified atom stereocenters. The molecule has 2 amide bonds. The van der Waals surface area contributed by atoms with Crippen LogP contribution in [0.2, 0.25) is 0 Å². The molecule has 1 fully saturated rings. The number of amides is 2. The number of aromatic amines is 1. The Kier molecular flexibility index (Phi) is 8.31. The van der Waals surface area contributed by atoms with Gasteiger partial charge in [-0.1, -0.05) is 42.5 Å². The van der Waals surface area contributed by atoms with E-state index in [2.05, 4.69) is 34.0 Å². The van der Waals surface area contributed by atoms with Crippen LogP contribution in [0.25, 0.3) is 17.0 Å². The van der Waals surface area contributed by atoms with Crippen LogP contribution in [0.4, 0.5) is 0 Å². The summed E-state index contributed by atoms with van der Waals surface area (Å²) in [6.45, 7) is 5.35. The van der Waals surface area contributed by atoms with Crippen LogP contribution >= 0.6 is 0 Å². The van der Waals surface area contributed by atoms with Gasteiger partial charge in [-0.3, -0.25) is 19.7 Å². The van der Waals surface area contributed by atoms with Gasteiger partial charge in [-0.15, -0.1) is 0 Å². The molecule has 0 aliphatic carbocycles. The Hall–Kier alpha value is -3.46. The van der Waals surface area contributed by atoms with Crippen LogP contribution in [-0.4, -0.2) is 83.0 Å². The average molecular weight is 476 g/mol.